The predicted molar refractivity (Wildman–Crippen MR) is 72.7 cm³/mol. The number of carbonyl (C=O) groups excluding carboxylic acids is 1. The van der Waals surface area contributed by atoms with Crippen molar-refractivity contribution in [2.24, 2.45) is 0 Å². The molecule has 0 fully saturated rings. The second-order valence-corrected chi connectivity index (χ2v) is 4.21. The second kappa shape index (κ2) is 4.57. The van der Waals surface area contributed by atoms with Gasteiger partial charge < -0.3 is 10.3 Å². The zero-order chi connectivity index (χ0) is 13.2. The molecule has 1 heterocycles. The van der Waals surface area contributed by atoms with E-state index in [0.29, 0.717) is 5.56 Å². The molecular weight excluding hydrogens is 243 g/mol. The number of amides is 1. The summed E-state index contributed by atoms with van der Waals surface area (Å²) >= 11 is 0. The van der Waals surface area contributed by atoms with Crippen molar-refractivity contribution in [3.63, 3.8) is 0 Å². The van der Waals surface area contributed by atoms with Crippen LogP contribution in [0.1, 0.15) is 10.4 Å². The molecule has 1 aromatic heterocycles. The molecule has 3 rings (SSSR count). The minimum atomic E-state index is -0.357. The third-order valence-electron chi connectivity index (χ3n) is 2.95. The molecule has 0 aliphatic heterocycles. The molecule has 0 aliphatic carbocycles. The maximum Gasteiger partial charge on any atom is 0.255 e. The average molecular weight is 254 g/mol. The number of aromatic nitrogens is 1. The van der Waals surface area contributed by atoms with Crippen molar-refractivity contribution in [2.75, 3.05) is 5.32 Å². The molecule has 94 valence electrons. The van der Waals surface area contributed by atoms with Gasteiger partial charge in [0.2, 0.25) is 0 Å². The molecule has 0 aliphatic rings. The van der Waals surface area contributed by atoms with E-state index in [0.717, 1.165) is 16.6 Å². The largest absolute Gasteiger partial charge is 0.361 e. The van der Waals surface area contributed by atoms with E-state index in [4.69, 9.17) is 0 Å². The lowest BCUT2D eigenvalue weighted by atomic mass is 10.2. The molecule has 3 nitrogen and oxygen atoms in total. The lowest BCUT2D eigenvalue weighted by molar-refractivity contribution is 0.102. The van der Waals surface area contributed by atoms with Crippen LogP contribution < -0.4 is 5.32 Å². The average Bonchev–Trinajstić information content (AvgIpc) is 2.89. The predicted octanol–water partition coefficient (Wildman–Crippen LogP) is 3.56. The van der Waals surface area contributed by atoms with Crippen LogP contribution in [0.15, 0.2) is 54.7 Å². The van der Waals surface area contributed by atoms with Gasteiger partial charge in [-0.25, -0.2) is 4.39 Å². The van der Waals surface area contributed by atoms with Gasteiger partial charge in [-0.15, -0.1) is 0 Å². The number of aromatic amines is 1. The standard InChI is InChI=1S/C15H11FN2O/c16-11-6-4-10(5-7-11)15(19)18-14-3-1-2-13-12(14)8-9-17-13/h1-9,17H,(H,18,19). The Kier molecular flexibility index (Phi) is 2.76. The van der Waals surface area contributed by atoms with Crippen LogP contribution in [0.5, 0.6) is 0 Å². The summed E-state index contributed by atoms with van der Waals surface area (Å²) in [5.74, 6) is -0.613. The van der Waals surface area contributed by atoms with Crippen LogP contribution in [0, 0.1) is 5.82 Å². The van der Waals surface area contributed by atoms with Crippen LogP contribution in [0.2, 0.25) is 0 Å². The minimum absolute atomic E-state index is 0.256. The highest BCUT2D eigenvalue weighted by Gasteiger charge is 2.08. The van der Waals surface area contributed by atoms with E-state index in [1.165, 1.54) is 24.3 Å². The molecule has 2 N–H and O–H groups in total. The normalized spacial score (nSPS) is 10.6. The Balaban J connectivity index is 1.90. The fourth-order valence-electron chi connectivity index (χ4n) is 1.99. The van der Waals surface area contributed by atoms with E-state index in [1.54, 1.807) is 0 Å². The fourth-order valence-corrected chi connectivity index (χ4v) is 1.99. The third kappa shape index (κ3) is 2.20. The van der Waals surface area contributed by atoms with E-state index >= 15 is 0 Å². The van der Waals surface area contributed by atoms with Gasteiger partial charge in [0.25, 0.3) is 5.91 Å². The summed E-state index contributed by atoms with van der Waals surface area (Å²) in [5.41, 5.74) is 2.11. The molecule has 0 saturated carbocycles. The first kappa shape index (κ1) is 11.5. The molecule has 0 radical (unpaired) electrons. The van der Waals surface area contributed by atoms with E-state index in [1.807, 2.05) is 30.5 Å². The van der Waals surface area contributed by atoms with Crippen molar-refractivity contribution in [3.8, 4) is 0 Å². The summed E-state index contributed by atoms with van der Waals surface area (Å²) in [7, 11) is 0. The van der Waals surface area contributed by atoms with Gasteiger partial charge in [0, 0.05) is 22.7 Å². The second-order valence-electron chi connectivity index (χ2n) is 4.21. The molecule has 2 aromatic carbocycles. The first-order valence-corrected chi connectivity index (χ1v) is 5.87. The highest BCUT2D eigenvalue weighted by molar-refractivity contribution is 6.08. The van der Waals surface area contributed by atoms with Crippen LogP contribution in [-0.2, 0) is 0 Å². The molecule has 19 heavy (non-hydrogen) atoms. The van der Waals surface area contributed by atoms with E-state index in [2.05, 4.69) is 10.3 Å². The van der Waals surface area contributed by atoms with Crippen LogP contribution >= 0.6 is 0 Å². The van der Waals surface area contributed by atoms with Gasteiger partial charge in [0.15, 0.2) is 0 Å². The lowest BCUT2D eigenvalue weighted by Gasteiger charge is -2.06. The van der Waals surface area contributed by atoms with Crippen LogP contribution in [0.25, 0.3) is 10.9 Å². The van der Waals surface area contributed by atoms with Gasteiger partial charge in [-0.1, -0.05) is 6.07 Å². The monoisotopic (exact) mass is 254 g/mol. The number of benzene rings is 2. The molecule has 0 atom stereocenters. The lowest BCUT2D eigenvalue weighted by Crippen LogP contribution is -2.11. The number of nitrogens with one attached hydrogen (secondary N) is 2. The summed E-state index contributed by atoms with van der Waals surface area (Å²) in [4.78, 5) is 15.1. The Labute approximate surface area is 109 Å². The van der Waals surface area contributed by atoms with E-state index < -0.39 is 0 Å². The highest BCUT2D eigenvalue weighted by atomic mass is 19.1. The highest BCUT2D eigenvalue weighted by Crippen LogP contribution is 2.22. The Hall–Kier alpha value is -2.62. The molecule has 3 aromatic rings. The maximum atomic E-state index is 12.8. The first-order chi connectivity index (χ1) is 9.24. The Bertz CT molecular complexity index is 731. The van der Waals surface area contributed by atoms with E-state index in [9.17, 15) is 9.18 Å². The summed E-state index contributed by atoms with van der Waals surface area (Å²) < 4.78 is 12.8. The molecule has 4 heteroatoms. The summed E-state index contributed by atoms with van der Waals surface area (Å²) in [6, 6.07) is 13.0. The summed E-state index contributed by atoms with van der Waals surface area (Å²) in [5, 5.41) is 3.77. The van der Waals surface area contributed by atoms with E-state index in [-0.39, 0.29) is 11.7 Å². The van der Waals surface area contributed by atoms with Gasteiger partial charge in [-0.05, 0) is 42.5 Å². The topological polar surface area (TPSA) is 44.9 Å². The maximum absolute atomic E-state index is 12.8. The molecule has 0 spiro atoms. The fraction of sp³-hybridized carbons (Fsp3) is 0. The zero-order valence-electron chi connectivity index (χ0n) is 9.98. The van der Waals surface area contributed by atoms with Crippen LogP contribution in [-0.4, -0.2) is 10.9 Å². The number of anilines is 1. The number of fused-ring (bicyclic) bond motifs is 1. The third-order valence-corrected chi connectivity index (χ3v) is 2.95. The quantitative estimate of drug-likeness (QED) is 0.721. The summed E-state index contributed by atoms with van der Waals surface area (Å²) in [6.07, 6.45) is 1.82. The SMILES string of the molecule is O=C(Nc1cccc2[nH]ccc12)c1ccc(F)cc1. The summed E-state index contributed by atoms with van der Waals surface area (Å²) in [6.45, 7) is 0. The van der Waals surface area contributed by atoms with Gasteiger partial charge in [-0.3, -0.25) is 4.79 Å². The molecule has 1 amide bonds. The van der Waals surface area contributed by atoms with Crippen molar-refractivity contribution < 1.29 is 9.18 Å². The zero-order valence-corrected chi connectivity index (χ0v) is 9.98. The smallest absolute Gasteiger partial charge is 0.255 e. The molecule has 0 saturated heterocycles. The first-order valence-electron chi connectivity index (χ1n) is 5.87. The van der Waals surface area contributed by atoms with Gasteiger partial charge in [-0.2, -0.15) is 0 Å². The van der Waals surface area contributed by atoms with Gasteiger partial charge >= 0.3 is 0 Å². The molecule has 0 bridgehead atoms. The number of rotatable bonds is 2. The van der Waals surface area contributed by atoms with Crippen molar-refractivity contribution in [2.45, 2.75) is 0 Å². The number of hydrogen-bond acceptors (Lipinski definition) is 1. The van der Waals surface area contributed by atoms with Gasteiger partial charge in [0.05, 0.1) is 5.69 Å². The van der Waals surface area contributed by atoms with Crippen molar-refractivity contribution in [1.82, 2.24) is 4.98 Å². The number of hydrogen-bond donors (Lipinski definition) is 2. The number of H-pyrrole nitrogens is 1. The van der Waals surface area contributed by atoms with Crippen molar-refractivity contribution in [1.29, 1.82) is 0 Å². The minimum Gasteiger partial charge on any atom is -0.361 e. The van der Waals surface area contributed by atoms with Gasteiger partial charge in [0.1, 0.15) is 5.82 Å². The number of halogens is 1. The number of carbonyl (C=O) groups is 1. The Morgan fingerprint density at radius 3 is 2.63 bits per heavy atom. The van der Waals surface area contributed by atoms with Crippen molar-refractivity contribution >= 4 is 22.5 Å². The Morgan fingerprint density at radius 2 is 1.84 bits per heavy atom. The van der Waals surface area contributed by atoms with Crippen LogP contribution in [0.3, 0.4) is 0 Å². The molecule has 0 unspecified atom stereocenters. The van der Waals surface area contributed by atoms with Crippen molar-refractivity contribution in [3.05, 3.63) is 66.1 Å². The Morgan fingerprint density at radius 1 is 1.05 bits per heavy atom. The molecular formula is C15H11FN2O. The van der Waals surface area contributed by atoms with Crippen LogP contribution in [0.4, 0.5) is 10.1 Å².